The van der Waals surface area contributed by atoms with E-state index >= 15 is 0 Å². The Kier molecular flexibility index (Phi) is 7.47. The number of methoxy groups -OCH3 is 1. The van der Waals surface area contributed by atoms with Crippen molar-refractivity contribution in [2.75, 3.05) is 30.4 Å². The van der Waals surface area contributed by atoms with Gasteiger partial charge < -0.3 is 15.4 Å². The van der Waals surface area contributed by atoms with Crippen LogP contribution in [0.2, 0.25) is 0 Å². The second kappa shape index (κ2) is 10.6. The molecule has 0 aliphatic carbocycles. The molecule has 0 bridgehead atoms. The molecule has 15 heteroatoms. The topological polar surface area (TPSA) is 130 Å². The number of allylic oxidation sites excluding steroid dienone is 1. The standard InChI is InChI=1S/C23H30B3N9O3/c1-5-13(2)34-9-10-35(22(34)37)17-11-16(18(31-30-17)21(36)29-23(24,25)26)28-15-8-6-7-14(19(15)38-4)20-27-12-33(3)32-20/h6-8,11-12H,2,5,9-10,24-26H2,1,3-4H3,(H,28,30)(H,29,36). The highest BCUT2D eigenvalue weighted by atomic mass is 16.5. The van der Waals surface area contributed by atoms with E-state index in [-0.39, 0.29) is 11.7 Å². The molecule has 0 atom stereocenters. The van der Waals surface area contributed by atoms with Gasteiger partial charge in [-0.15, -0.1) is 10.2 Å². The van der Waals surface area contributed by atoms with Crippen LogP contribution in [-0.4, -0.2) is 90.8 Å². The molecular weight excluding hydrogens is 483 g/mol. The third-order valence-electron chi connectivity index (χ3n) is 5.89. The number of anilines is 3. The Morgan fingerprint density at radius 1 is 1.21 bits per heavy atom. The van der Waals surface area contributed by atoms with Gasteiger partial charge in [0.05, 0.1) is 24.0 Å². The summed E-state index contributed by atoms with van der Waals surface area (Å²) in [4.78, 5) is 33.7. The van der Waals surface area contributed by atoms with Crippen molar-refractivity contribution in [3.63, 3.8) is 0 Å². The van der Waals surface area contributed by atoms with Crippen LogP contribution in [0, 0.1) is 0 Å². The molecule has 0 radical (unpaired) electrons. The fourth-order valence-corrected chi connectivity index (χ4v) is 4.05. The van der Waals surface area contributed by atoms with Crippen LogP contribution in [0.4, 0.5) is 22.0 Å². The number of amides is 3. The first-order chi connectivity index (χ1) is 18.0. The number of nitrogens with one attached hydrogen (secondary N) is 2. The van der Waals surface area contributed by atoms with E-state index in [4.69, 9.17) is 4.74 Å². The number of hydrogen-bond acceptors (Lipinski definition) is 8. The summed E-state index contributed by atoms with van der Waals surface area (Å²) >= 11 is 0. The fraction of sp³-hybridized carbons (Fsp3) is 0.304. The van der Waals surface area contributed by atoms with Crippen molar-refractivity contribution in [1.29, 1.82) is 0 Å². The lowest BCUT2D eigenvalue weighted by Crippen LogP contribution is -2.50. The van der Waals surface area contributed by atoms with Gasteiger partial charge in [0.25, 0.3) is 5.91 Å². The fourth-order valence-electron chi connectivity index (χ4n) is 4.05. The van der Waals surface area contributed by atoms with Gasteiger partial charge in [-0.25, -0.2) is 9.78 Å². The predicted molar refractivity (Wildman–Crippen MR) is 153 cm³/mol. The molecule has 3 heterocycles. The van der Waals surface area contributed by atoms with E-state index < -0.39 is 11.1 Å². The molecular formula is C23H30B3N9O3. The maximum atomic E-state index is 13.2. The molecule has 12 nitrogen and oxygen atoms in total. The molecule has 1 aromatic carbocycles. The molecule has 1 saturated heterocycles. The highest BCUT2D eigenvalue weighted by molar-refractivity contribution is 6.60. The van der Waals surface area contributed by atoms with E-state index in [2.05, 4.69) is 37.5 Å². The zero-order valence-electron chi connectivity index (χ0n) is 22.6. The molecule has 0 spiro atoms. The minimum absolute atomic E-state index is 0.0774. The van der Waals surface area contributed by atoms with Crippen LogP contribution in [0.15, 0.2) is 42.9 Å². The number of urea groups is 1. The average Bonchev–Trinajstić information content (AvgIpc) is 3.47. The number of nitrogens with zero attached hydrogens (tertiary/aromatic N) is 7. The maximum Gasteiger partial charge on any atom is 0.330 e. The van der Waals surface area contributed by atoms with Crippen LogP contribution >= 0.6 is 0 Å². The van der Waals surface area contributed by atoms with Crippen molar-refractivity contribution in [2.24, 2.45) is 7.05 Å². The van der Waals surface area contributed by atoms with E-state index in [0.29, 0.717) is 53.8 Å². The molecule has 2 N–H and O–H groups in total. The van der Waals surface area contributed by atoms with Crippen LogP contribution in [0.1, 0.15) is 23.8 Å². The minimum atomic E-state index is -0.497. The molecule has 2 aromatic heterocycles. The summed E-state index contributed by atoms with van der Waals surface area (Å²) < 4.78 is 7.33. The lowest BCUT2D eigenvalue weighted by Gasteiger charge is -2.23. The smallest absolute Gasteiger partial charge is 0.330 e. The molecule has 38 heavy (non-hydrogen) atoms. The van der Waals surface area contributed by atoms with Crippen molar-refractivity contribution in [1.82, 2.24) is 35.2 Å². The molecule has 0 unspecified atom stereocenters. The zero-order chi connectivity index (χ0) is 27.6. The number of rotatable bonds is 9. The third kappa shape index (κ3) is 5.51. The summed E-state index contributed by atoms with van der Waals surface area (Å²) in [6.45, 7) is 6.85. The highest BCUT2D eigenvalue weighted by Gasteiger charge is 2.33. The number of hydrogen-bond donors (Lipinski definition) is 2. The van der Waals surface area contributed by atoms with Gasteiger partial charge in [0, 0.05) is 31.9 Å². The number of benzene rings is 1. The summed E-state index contributed by atoms with van der Waals surface area (Å²) in [5, 5.41) is 18.6. The monoisotopic (exact) mass is 513 g/mol. The summed E-state index contributed by atoms with van der Waals surface area (Å²) in [6.07, 6.45) is 2.26. The Hall–Kier alpha value is -4.29. The Morgan fingerprint density at radius 2 is 1.97 bits per heavy atom. The molecule has 1 fully saturated rings. The minimum Gasteiger partial charge on any atom is -0.494 e. The van der Waals surface area contributed by atoms with E-state index in [1.807, 2.05) is 48.7 Å². The van der Waals surface area contributed by atoms with Crippen molar-refractivity contribution in [3.8, 4) is 17.1 Å². The number of ether oxygens (including phenoxy) is 1. The third-order valence-corrected chi connectivity index (χ3v) is 5.89. The molecule has 3 aromatic rings. The number of aryl methyl sites for hydroxylation is 1. The Morgan fingerprint density at radius 3 is 2.61 bits per heavy atom. The number of carbonyl (C=O) groups is 2. The van der Waals surface area contributed by atoms with Gasteiger partial charge in [-0.05, 0) is 23.8 Å². The Labute approximate surface area is 224 Å². The van der Waals surface area contributed by atoms with Crippen molar-refractivity contribution in [2.45, 2.75) is 18.6 Å². The van der Waals surface area contributed by atoms with Gasteiger partial charge in [-0.3, -0.25) is 19.3 Å². The van der Waals surface area contributed by atoms with E-state index in [1.54, 1.807) is 36.1 Å². The van der Waals surface area contributed by atoms with Crippen LogP contribution in [-0.2, 0) is 7.05 Å². The van der Waals surface area contributed by atoms with Gasteiger partial charge in [0.2, 0.25) is 0 Å². The number of para-hydroxylation sites is 1. The second-order valence-electron chi connectivity index (χ2n) is 9.93. The van der Waals surface area contributed by atoms with Gasteiger partial charge in [-0.2, -0.15) is 5.10 Å². The molecule has 0 saturated carbocycles. The summed E-state index contributed by atoms with van der Waals surface area (Å²) in [5.41, 5.74) is 2.41. The number of carbonyl (C=O) groups excluding carboxylic acids is 2. The van der Waals surface area contributed by atoms with E-state index in [0.717, 1.165) is 5.70 Å². The lowest BCUT2D eigenvalue weighted by atomic mass is 9.49. The largest absolute Gasteiger partial charge is 0.494 e. The maximum absolute atomic E-state index is 13.2. The van der Waals surface area contributed by atoms with Crippen LogP contribution in [0.3, 0.4) is 0 Å². The lowest BCUT2D eigenvalue weighted by molar-refractivity contribution is 0.0947. The Bertz CT molecular complexity index is 1390. The van der Waals surface area contributed by atoms with Crippen LogP contribution < -0.4 is 20.3 Å². The SMILES string of the molecule is BC(B)(B)NC(=O)c1nnc(N2CCN(C(=C)CC)C2=O)cc1Nc1cccc(-c2ncn(C)n2)c1OC. The first-order valence-corrected chi connectivity index (χ1v) is 12.3. The zero-order valence-corrected chi connectivity index (χ0v) is 22.6. The van der Waals surface area contributed by atoms with Crippen molar-refractivity contribution >= 4 is 52.7 Å². The van der Waals surface area contributed by atoms with E-state index in [1.165, 1.54) is 4.90 Å². The Balaban J connectivity index is 1.76. The quantitative estimate of drug-likeness (QED) is 0.365. The van der Waals surface area contributed by atoms with Crippen molar-refractivity contribution in [3.05, 3.63) is 48.6 Å². The summed E-state index contributed by atoms with van der Waals surface area (Å²) in [5.74, 6) is 0.889. The van der Waals surface area contributed by atoms with Gasteiger partial charge >= 0.3 is 6.03 Å². The molecule has 3 amide bonds. The first-order valence-electron chi connectivity index (χ1n) is 12.3. The predicted octanol–water partition coefficient (Wildman–Crippen LogP) is -0.570. The first kappa shape index (κ1) is 26.8. The average molecular weight is 513 g/mol. The number of aromatic nitrogens is 5. The second-order valence-corrected chi connectivity index (χ2v) is 9.93. The molecule has 4 rings (SSSR count). The highest BCUT2D eigenvalue weighted by Crippen LogP contribution is 2.37. The van der Waals surface area contributed by atoms with E-state index in [9.17, 15) is 9.59 Å². The van der Waals surface area contributed by atoms with Crippen LogP contribution in [0.25, 0.3) is 11.4 Å². The molecule has 194 valence electrons. The summed E-state index contributed by atoms with van der Waals surface area (Å²) in [6, 6.07) is 6.90. The molecule has 1 aliphatic heterocycles. The normalized spacial score (nSPS) is 13.5. The summed E-state index contributed by atoms with van der Waals surface area (Å²) in [7, 11) is 8.97. The van der Waals surface area contributed by atoms with Crippen molar-refractivity contribution < 1.29 is 14.3 Å². The van der Waals surface area contributed by atoms with Gasteiger partial charge in [-0.1, -0.05) is 19.6 Å². The molecule has 1 aliphatic rings. The van der Waals surface area contributed by atoms with Gasteiger partial charge in [0.1, 0.15) is 29.9 Å². The van der Waals surface area contributed by atoms with Crippen LogP contribution in [0.5, 0.6) is 5.75 Å². The van der Waals surface area contributed by atoms with Gasteiger partial charge in [0.15, 0.2) is 23.1 Å².